The Morgan fingerprint density at radius 1 is 0.806 bits per heavy atom. The minimum atomic E-state index is -1.49. The van der Waals surface area contributed by atoms with Crippen LogP contribution in [-0.2, 0) is 4.79 Å². The molecule has 0 aromatic heterocycles. The molecule has 188 valence electrons. The fraction of sp³-hybridized carbons (Fsp3) is 0.125. The number of nitrogens with one attached hydrogen (secondary N) is 2. The van der Waals surface area contributed by atoms with Crippen molar-refractivity contribution in [2.45, 2.75) is 11.8 Å². The largest absolute Gasteiger partial charge is 0.494 e. The summed E-state index contributed by atoms with van der Waals surface area (Å²) in [6.45, 7) is 2.45. The first-order chi connectivity index (χ1) is 17.1. The molecule has 0 heterocycles. The lowest BCUT2D eigenvalue weighted by Gasteiger charge is -2.14. The number of amides is 2. The van der Waals surface area contributed by atoms with Gasteiger partial charge in [-0.05, 0) is 55.5 Å². The summed E-state index contributed by atoms with van der Waals surface area (Å²) in [5.74, 6) is -1.61. The Balaban J connectivity index is 1.63. The number of carbonyl (C=O) groups excluding carboxylic acids is 2. The van der Waals surface area contributed by atoms with E-state index in [1.165, 1.54) is 11.8 Å². The second-order valence-corrected chi connectivity index (χ2v) is 9.64. The third kappa shape index (κ3) is 6.78. The van der Waals surface area contributed by atoms with E-state index in [0.717, 1.165) is 10.6 Å². The lowest BCUT2D eigenvalue weighted by molar-refractivity contribution is -0.113. The number of carboxylic acid groups (broad SMARTS) is 1. The molecule has 0 unspecified atom stereocenters. The molecule has 0 saturated heterocycles. The van der Waals surface area contributed by atoms with E-state index in [9.17, 15) is 19.5 Å². The zero-order valence-electron chi connectivity index (χ0n) is 18.5. The molecule has 0 saturated carbocycles. The zero-order valence-corrected chi connectivity index (χ0v) is 22.4. The van der Waals surface area contributed by atoms with E-state index in [2.05, 4.69) is 10.6 Å². The summed E-state index contributed by atoms with van der Waals surface area (Å²) in [5, 5.41) is 13.7. The number of hydrogen-bond acceptors (Lipinski definition) is 5. The molecule has 0 fully saturated rings. The van der Waals surface area contributed by atoms with Crippen molar-refractivity contribution in [1.29, 1.82) is 0 Å². The van der Waals surface area contributed by atoms with Crippen molar-refractivity contribution in [3.05, 3.63) is 79.7 Å². The SMILES string of the molecule is CCOc1ccc(NC(=O)CSc2ccc(NC(=O)c3c(Cl)c(Cl)c(Cl)c(Cl)c3C(=O)O)cc2)cc1. The summed E-state index contributed by atoms with van der Waals surface area (Å²) in [7, 11) is 0. The summed E-state index contributed by atoms with van der Waals surface area (Å²) >= 11 is 25.3. The molecule has 0 aliphatic carbocycles. The van der Waals surface area contributed by atoms with E-state index in [4.69, 9.17) is 51.1 Å². The predicted molar refractivity (Wildman–Crippen MR) is 145 cm³/mol. The Hall–Kier alpha value is -2.62. The Morgan fingerprint density at radius 3 is 1.89 bits per heavy atom. The van der Waals surface area contributed by atoms with Gasteiger partial charge in [-0.2, -0.15) is 0 Å². The van der Waals surface area contributed by atoms with Crippen LogP contribution in [-0.4, -0.2) is 35.2 Å². The van der Waals surface area contributed by atoms with Crippen LogP contribution < -0.4 is 15.4 Å². The third-order valence-corrected chi connectivity index (χ3v) is 7.45. The number of hydrogen-bond donors (Lipinski definition) is 3. The van der Waals surface area contributed by atoms with Crippen molar-refractivity contribution in [2.75, 3.05) is 23.0 Å². The molecule has 3 aromatic carbocycles. The lowest BCUT2D eigenvalue weighted by atomic mass is 10.1. The molecule has 0 atom stereocenters. The number of thioether (sulfide) groups is 1. The van der Waals surface area contributed by atoms with Gasteiger partial charge in [0.2, 0.25) is 5.91 Å². The molecule has 36 heavy (non-hydrogen) atoms. The molecule has 0 aliphatic rings. The molecular formula is C24H18Cl4N2O5S. The van der Waals surface area contributed by atoms with Gasteiger partial charge in [0.05, 0.1) is 43.6 Å². The van der Waals surface area contributed by atoms with Crippen molar-refractivity contribution in [2.24, 2.45) is 0 Å². The maximum Gasteiger partial charge on any atom is 0.338 e. The standard InChI is InChI=1S/C24H18Cl4N2O5S/c1-2-35-14-7-3-12(4-8-14)29-16(31)11-36-15-9-5-13(6-10-15)30-23(32)17-18(24(33)34)20(26)22(28)21(27)19(17)25/h3-10H,2,11H2,1H3,(H,29,31)(H,30,32)(H,33,34). The van der Waals surface area contributed by atoms with Crippen LogP contribution in [0.25, 0.3) is 0 Å². The first kappa shape index (κ1) is 28.0. The van der Waals surface area contributed by atoms with Gasteiger partial charge in [0, 0.05) is 16.3 Å². The van der Waals surface area contributed by atoms with Crippen molar-refractivity contribution >= 4 is 87.3 Å². The molecule has 0 aliphatic heterocycles. The highest BCUT2D eigenvalue weighted by atomic mass is 35.5. The van der Waals surface area contributed by atoms with Gasteiger partial charge >= 0.3 is 5.97 Å². The molecule has 12 heteroatoms. The second-order valence-electron chi connectivity index (χ2n) is 7.08. The van der Waals surface area contributed by atoms with Gasteiger partial charge in [-0.3, -0.25) is 9.59 Å². The van der Waals surface area contributed by atoms with Crippen LogP contribution in [0.3, 0.4) is 0 Å². The fourth-order valence-electron chi connectivity index (χ4n) is 3.02. The number of halogens is 4. The zero-order chi connectivity index (χ0) is 26.4. The molecule has 0 radical (unpaired) electrons. The summed E-state index contributed by atoms with van der Waals surface area (Å²) in [6.07, 6.45) is 0. The first-order valence-corrected chi connectivity index (χ1v) is 12.8. The van der Waals surface area contributed by atoms with Gasteiger partial charge in [-0.1, -0.05) is 46.4 Å². The molecule has 0 bridgehead atoms. The van der Waals surface area contributed by atoms with E-state index in [-0.39, 0.29) is 31.8 Å². The average Bonchev–Trinajstić information content (AvgIpc) is 2.85. The number of ether oxygens (including phenoxy) is 1. The molecule has 3 rings (SSSR count). The fourth-order valence-corrected chi connectivity index (χ4v) is 4.74. The highest BCUT2D eigenvalue weighted by Gasteiger charge is 2.28. The van der Waals surface area contributed by atoms with Crippen LogP contribution in [0.5, 0.6) is 5.75 Å². The van der Waals surface area contributed by atoms with Gasteiger partial charge < -0.3 is 20.5 Å². The predicted octanol–water partition coefficient (Wildman–Crippen LogP) is 7.38. The van der Waals surface area contributed by atoms with Crippen LogP contribution in [0.4, 0.5) is 11.4 Å². The summed E-state index contributed by atoms with van der Waals surface area (Å²) in [5.41, 5.74) is 0.0500. The van der Waals surface area contributed by atoms with E-state index in [1.54, 1.807) is 48.5 Å². The van der Waals surface area contributed by atoms with Crippen LogP contribution in [0.15, 0.2) is 53.4 Å². The summed E-state index contributed by atoms with van der Waals surface area (Å²) in [4.78, 5) is 37.5. The van der Waals surface area contributed by atoms with E-state index < -0.39 is 23.0 Å². The Labute approximate surface area is 231 Å². The number of carboxylic acids is 1. The normalized spacial score (nSPS) is 10.6. The first-order valence-electron chi connectivity index (χ1n) is 10.3. The Bertz CT molecular complexity index is 1300. The topological polar surface area (TPSA) is 105 Å². The van der Waals surface area contributed by atoms with Gasteiger partial charge in [-0.25, -0.2) is 4.79 Å². The molecular weight excluding hydrogens is 570 g/mol. The monoisotopic (exact) mass is 586 g/mol. The van der Waals surface area contributed by atoms with E-state index in [1.807, 2.05) is 6.92 Å². The summed E-state index contributed by atoms with van der Waals surface area (Å²) in [6, 6.07) is 13.7. The van der Waals surface area contributed by atoms with Gasteiger partial charge in [0.15, 0.2) is 0 Å². The lowest BCUT2D eigenvalue weighted by Crippen LogP contribution is -2.18. The molecule has 3 N–H and O–H groups in total. The highest BCUT2D eigenvalue weighted by Crippen LogP contribution is 2.41. The van der Waals surface area contributed by atoms with Crippen molar-refractivity contribution in [3.8, 4) is 5.75 Å². The van der Waals surface area contributed by atoms with Crippen molar-refractivity contribution in [1.82, 2.24) is 0 Å². The van der Waals surface area contributed by atoms with Gasteiger partial charge in [0.1, 0.15) is 5.75 Å². The Kier molecular flexibility index (Phi) is 9.76. The number of rotatable bonds is 9. The minimum absolute atomic E-state index is 0.165. The third-order valence-electron chi connectivity index (χ3n) is 4.64. The molecule has 3 aromatic rings. The van der Waals surface area contributed by atoms with Crippen molar-refractivity contribution in [3.63, 3.8) is 0 Å². The van der Waals surface area contributed by atoms with Crippen molar-refractivity contribution < 1.29 is 24.2 Å². The average molecular weight is 588 g/mol. The Morgan fingerprint density at radius 2 is 1.33 bits per heavy atom. The van der Waals surface area contributed by atoms with Gasteiger partial charge in [0.25, 0.3) is 5.91 Å². The number of benzene rings is 3. The molecule has 7 nitrogen and oxygen atoms in total. The number of aromatic carboxylic acids is 1. The maximum atomic E-state index is 12.8. The number of anilines is 2. The summed E-state index contributed by atoms with van der Waals surface area (Å²) < 4.78 is 5.37. The maximum absolute atomic E-state index is 12.8. The number of carbonyl (C=O) groups is 3. The van der Waals surface area contributed by atoms with Crippen LogP contribution >= 0.6 is 58.2 Å². The smallest absolute Gasteiger partial charge is 0.338 e. The minimum Gasteiger partial charge on any atom is -0.494 e. The quantitative estimate of drug-likeness (QED) is 0.137. The van der Waals surface area contributed by atoms with Gasteiger partial charge in [-0.15, -0.1) is 11.8 Å². The highest BCUT2D eigenvalue weighted by molar-refractivity contribution is 8.00. The van der Waals surface area contributed by atoms with Crippen LogP contribution in [0.1, 0.15) is 27.6 Å². The molecule has 0 spiro atoms. The van der Waals surface area contributed by atoms with Crippen LogP contribution in [0, 0.1) is 0 Å². The second kappa shape index (κ2) is 12.6. The van der Waals surface area contributed by atoms with Crippen LogP contribution in [0.2, 0.25) is 20.1 Å². The van der Waals surface area contributed by atoms with E-state index >= 15 is 0 Å². The molecule has 2 amide bonds. The van der Waals surface area contributed by atoms with E-state index in [0.29, 0.717) is 18.0 Å².